The number of rotatable bonds is 3. The largest absolute Gasteiger partial charge is 0.325 e. The molecule has 0 fully saturated rings. The Balaban J connectivity index is 2.15. The Bertz CT molecular complexity index is 665. The lowest BCUT2D eigenvalue weighted by Gasteiger charge is -2.08. The number of hydrogen-bond donors (Lipinski definition) is 1. The Hall–Kier alpha value is -1.14. The van der Waals surface area contributed by atoms with Crippen molar-refractivity contribution in [1.82, 2.24) is 9.78 Å². The topological polar surface area (TPSA) is 46.9 Å². The van der Waals surface area contributed by atoms with Gasteiger partial charge in [-0.2, -0.15) is 5.10 Å². The number of nitrogens with one attached hydrogen (secondary N) is 1. The maximum absolute atomic E-state index is 12.2. The first-order valence-electron chi connectivity index (χ1n) is 6.12. The van der Waals surface area contributed by atoms with E-state index < -0.39 is 0 Å². The summed E-state index contributed by atoms with van der Waals surface area (Å²) in [6, 6.07) is 5.67. The van der Waals surface area contributed by atoms with Gasteiger partial charge in [-0.1, -0.05) is 15.9 Å². The first-order chi connectivity index (χ1) is 9.38. The Morgan fingerprint density at radius 2 is 2.05 bits per heavy atom. The smallest absolute Gasteiger partial charge is 0.228 e. The summed E-state index contributed by atoms with van der Waals surface area (Å²) < 4.78 is 3.57. The van der Waals surface area contributed by atoms with E-state index in [2.05, 4.69) is 42.3 Å². The number of aryl methyl sites for hydroxylation is 2. The lowest BCUT2D eigenvalue weighted by Crippen LogP contribution is -2.15. The fraction of sp³-hybridized carbons (Fsp3) is 0.286. The fourth-order valence-electron chi connectivity index (χ4n) is 2.02. The van der Waals surface area contributed by atoms with Crippen LogP contribution < -0.4 is 5.32 Å². The van der Waals surface area contributed by atoms with Gasteiger partial charge in [-0.3, -0.25) is 9.48 Å². The van der Waals surface area contributed by atoms with Crippen LogP contribution in [0.4, 0.5) is 5.69 Å². The molecule has 1 N–H and O–H groups in total. The molecule has 0 saturated heterocycles. The Labute approximate surface area is 134 Å². The summed E-state index contributed by atoms with van der Waals surface area (Å²) in [5, 5.41) is 7.23. The monoisotopic (exact) mass is 399 g/mol. The second-order valence-corrected chi connectivity index (χ2v) is 6.39. The van der Waals surface area contributed by atoms with Crippen LogP contribution in [0.25, 0.3) is 0 Å². The van der Waals surface area contributed by atoms with Crippen LogP contribution >= 0.6 is 31.9 Å². The standard InChI is InChI=1S/C14H15Br2N3O/c1-8-11(9(2)19(3)18-8)7-14(20)17-13-6-10(15)4-5-12(13)16/h4-6H,7H2,1-3H3,(H,17,20). The number of benzene rings is 1. The molecule has 0 saturated carbocycles. The van der Waals surface area contributed by atoms with Crippen LogP contribution in [0.15, 0.2) is 27.1 Å². The zero-order chi connectivity index (χ0) is 14.9. The van der Waals surface area contributed by atoms with Crippen LogP contribution in [0.1, 0.15) is 17.0 Å². The highest BCUT2D eigenvalue weighted by Gasteiger charge is 2.14. The number of carbonyl (C=O) groups is 1. The number of amides is 1. The minimum atomic E-state index is -0.0528. The van der Waals surface area contributed by atoms with Crippen LogP contribution in [0.3, 0.4) is 0 Å². The SMILES string of the molecule is Cc1nn(C)c(C)c1CC(=O)Nc1cc(Br)ccc1Br. The number of aromatic nitrogens is 2. The molecule has 0 aliphatic rings. The summed E-state index contributed by atoms with van der Waals surface area (Å²) in [6.45, 7) is 3.89. The van der Waals surface area contributed by atoms with E-state index in [4.69, 9.17) is 0 Å². The average Bonchev–Trinajstić information content (AvgIpc) is 2.61. The molecule has 1 amide bonds. The van der Waals surface area contributed by atoms with Crippen molar-refractivity contribution in [2.45, 2.75) is 20.3 Å². The van der Waals surface area contributed by atoms with Crippen molar-refractivity contribution in [2.24, 2.45) is 7.05 Å². The molecule has 2 rings (SSSR count). The second-order valence-electron chi connectivity index (χ2n) is 4.62. The number of carbonyl (C=O) groups excluding carboxylic acids is 1. The van der Waals surface area contributed by atoms with Crippen molar-refractivity contribution in [1.29, 1.82) is 0 Å². The molecule has 0 radical (unpaired) electrons. The highest BCUT2D eigenvalue weighted by Crippen LogP contribution is 2.26. The van der Waals surface area contributed by atoms with Gasteiger partial charge in [-0.25, -0.2) is 0 Å². The highest BCUT2D eigenvalue weighted by molar-refractivity contribution is 9.11. The summed E-state index contributed by atoms with van der Waals surface area (Å²) in [6.07, 6.45) is 0.324. The third-order valence-corrected chi connectivity index (χ3v) is 4.38. The van der Waals surface area contributed by atoms with Crippen molar-refractivity contribution < 1.29 is 4.79 Å². The fourth-order valence-corrected chi connectivity index (χ4v) is 2.73. The molecule has 2 aromatic rings. The molecule has 1 aromatic heterocycles. The summed E-state index contributed by atoms with van der Waals surface area (Å²) >= 11 is 6.82. The Morgan fingerprint density at radius 1 is 1.35 bits per heavy atom. The van der Waals surface area contributed by atoms with Gasteiger partial charge in [0.2, 0.25) is 5.91 Å². The molecule has 6 heteroatoms. The van der Waals surface area contributed by atoms with E-state index >= 15 is 0 Å². The van der Waals surface area contributed by atoms with Crippen LogP contribution in [-0.2, 0) is 18.3 Å². The minimum Gasteiger partial charge on any atom is -0.325 e. The maximum Gasteiger partial charge on any atom is 0.228 e. The molecule has 0 atom stereocenters. The predicted molar refractivity (Wildman–Crippen MR) is 86.9 cm³/mol. The second kappa shape index (κ2) is 6.10. The van der Waals surface area contributed by atoms with Crippen LogP contribution in [-0.4, -0.2) is 15.7 Å². The Kier molecular flexibility index (Phi) is 4.65. The third kappa shape index (κ3) is 3.30. The molecule has 0 bridgehead atoms. The van der Waals surface area contributed by atoms with E-state index in [1.165, 1.54) is 0 Å². The van der Waals surface area contributed by atoms with Gasteiger partial charge in [0.1, 0.15) is 0 Å². The number of halogens is 2. The van der Waals surface area contributed by atoms with Crippen molar-refractivity contribution in [3.63, 3.8) is 0 Å². The maximum atomic E-state index is 12.2. The molecule has 106 valence electrons. The number of hydrogen-bond acceptors (Lipinski definition) is 2. The zero-order valence-electron chi connectivity index (χ0n) is 11.5. The average molecular weight is 401 g/mol. The van der Waals surface area contributed by atoms with Gasteiger partial charge in [0.15, 0.2) is 0 Å². The van der Waals surface area contributed by atoms with Gasteiger partial charge in [0, 0.05) is 27.3 Å². The predicted octanol–water partition coefficient (Wildman–Crippen LogP) is 3.74. The van der Waals surface area contributed by atoms with Gasteiger partial charge < -0.3 is 5.32 Å². The lowest BCUT2D eigenvalue weighted by molar-refractivity contribution is -0.115. The molecular weight excluding hydrogens is 386 g/mol. The molecule has 1 heterocycles. The molecule has 0 spiro atoms. The normalized spacial score (nSPS) is 10.7. The van der Waals surface area contributed by atoms with Crippen molar-refractivity contribution in [2.75, 3.05) is 5.32 Å². The van der Waals surface area contributed by atoms with E-state index in [9.17, 15) is 4.79 Å². The van der Waals surface area contributed by atoms with Crippen LogP contribution in [0.2, 0.25) is 0 Å². The van der Waals surface area contributed by atoms with Gasteiger partial charge in [-0.05, 0) is 48.0 Å². The van der Waals surface area contributed by atoms with Gasteiger partial charge in [0.05, 0.1) is 17.8 Å². The van der Waals surface area contributed by atoms with E-state index in [1.54, 1.807) is 4.68 Å². The highest BCUT2D eigenvalue weighted by atomic mass is 79.9. The molecule has 4 nitrogen and oxygen atoms in total. The molecule has 0 unspecified atom stereocenters. The molecule has 0 aliphatic heterocycles. The van der Waals surface area contributed by atoms with Crippen molar-refractivity contribution in [3.05, 3.63) is 44.1 Å². The first-order valence-corrected chi connectivity index (χ1v) is 7.71. The van der Waals surface area contributed by atoms with E-state index in [1.807, 2.05) is 39.1 Å². The summed E-state index contributed by atoms with van der Waals surface area (Å²) in [5.74, 6) is -0.0528. The van der Waals surface area contributed by atoms with Gasteiger partial charge in [-0.15, -0.1) is 0 Å². The quantitative estimate of drug-likeness (QED) is 0.852. The molecular formula is C14H15Br2N3O. The van der Waals surface area contributed by atoms with Crippen LogP contribution in [0, 0.1) is 13.8 Å². The third-order valence-electron chi connectivity index (χ3n) is 3.20. The summed E-state index contributed by atoms with van der Waals surface area (Å²) in [5.41, 5.74) is 3.65. The number of nitrogens with zero attached hydrogens (tertiary/aromatic N) is 2. The number of anilines is 1. The molecule has 0 aliphatic carbocycles. The van der Waals surface area contributed by atoms with E-state index in [0.29, 0.717) is 6.42 Å². The van der Waals surface area contributed by atoms with Gasteiger partial charge >= 0.3 is 0 Å². The van der Waals surface area contributed by atoms with Crippen LogP contribution in [0.5, 0.6) is 0 Å². The molecule has 20 heavy (non-hydrogen) atoms. The van der Waals surface area contributed by atoms with Crippen molar-refractivity contribution in [3.8, 4) is 0 Å². The van der Waals surface area contributed by atoms with Crippen molar-refractivity contribution >= 4 is 43.5 Å². The molecule has 1 aromatic carbocycles. The first kappa shape index (κ1) is 15.3. The van der Waals surface area contributed by atoms with Gasteiger partial charge in [0.25, 0.3) is 0 Å². The Morgan fingerprint density at radius 3 is 2.65 bits per heavy atom. The lowest BCUT2D eigenvalue weighted by atomic mass is 10.1. The van der Waals surface area contributed by atoms with E-state index in [-0.39, 0.29) is 5.91 Å². The summed E-state index contributed by atoms with van der Waals surface area (Å²) in [7, 11) is 1.88. The minimum absolute atomic E-state index is 0.0528. The summed E-state index contributed by atoms with van der Waals surface area (Å²) in [4.78, 5) is 12.2. The zero-order valence-corrected chi connectivity index (χ0v) is 14.7. The van der Waals surface area contributed by atoms with E-state index in [0.717, 1.165) is 31.6 Å².